The van der Waals surface area contributed by atoms with Crippen LogP contribution in [-0.2, 0) is 14.3 Å². The van der Waals surface area contributed by atoms with Crippen LogP contribution in [0.2, 0.25) is 0 Å². The molecular weight excluding hydrogens is 308 g/mol. The zero-order chi connectivity index (χ0) is 17.8. The number of hydrogen-bond donors (Lipinski definition) is 3. The van der Waals surface area contributed by atoms with Crippen molar-refractivity contribution >= 4 is 11.9 Å². The number of ether oxygens (including phenoxy) is 2. The maximum absolute atomic E-state index is 11.7. The lowest BCUT2D eigenvalue weighted by molar-refractivity contribution is -0.128. The van der Waals surface area contributed by atoms with Crippen molar-refractivity contribution in [2.24, 2.45) is 16.3 Å². The summed E-state index contributed by atoms with van der Waals surface area (Å²) in [7, 11) is 1.74. The highest BCUT2D eigenvalue weighted by Crippen LogP contribution is 2.12. The van der Waals surface area contributed by atoms with Crippen molar-refractivity contribution in [3.8, 4) is 0 Å². The van der Waals surface area contributed by atoms with Gasteiger partial charge >= 0.3 is 0 Å². The van der Waals surface area contributed by atoms with Crippen molar-refractivity contribution in [1.82, 2.24) is 16.0 Å². The predicted octanol–water partition coefficient (Wildman–Crippen LogP) is 0.757. The first-order chi connectivity index (χ1) is 11.4. The van der Waals surface area contributed by atoms with Crippen LogP contribution in [0.5, 0.6) is 0 Å². The van der Waals surface area contributed by atoms with Gasteiger partial charge in [0, 0.05) is 51.2 Å². The van der Waals surface area contributed by atoms with Gasteiger partial charge in [-0.2, -0.15) is 0 Å². The molecule has 0 spiro atoms. The third-order valence-corrected chi connectivity index (χ3v) is 3.74. The van der Waals surface area contributed by atoms with Gasteiger partial charge in [0.1, 0.15) is 0 Å². The van der Waals surface area contributed by atoms with Crippen LogP contribution in [0.3, 0.4) is 0 Å². The van der Waals surface area contributed by atoms with E-state index in [9.17, 15) is 4.79 Å². The lowest BCUT2D eigenvalue weighted by Crippen LogP contribution is -2.43. The molecule has 7 heteroatoms. The van der Waals surface area contributed by atoms with E-state index in [1.165, 1.54) is 0 Å². The van der Waals surface area contributed by atoms with Gasteiger partial charge in [-0.1, -0.05) is 20.8 Å². The molecule has 0 aromatic carbocycles. The van der Waals surface area contributed by atoms with E-state index in [0.717, 1.165) is 51.8 Å². The molecule has 1 aliphatic rings. The van der Waals surface area contributed by atoms with Crippen LogP contribution in [0.15, 0.2) is 4.99 Å². The quantitative estimate of drug-likeness (QED) is 0.327. The van der Waals surface area contributed by atoms with E-state index in [1.54, 1.807) is 7.05 Å². The number of amides is 1. The third-order valence-electron chi connectivity index (χ3n) is 3.74. The standard InChI is InChI=1S/C17H34N4O3/c1-17(2,3)15(22)19-8-9-21-16(18-4)20-7-5-10-23-12-14-6-11-24-13-14/h14H,5-13H2,1-4H3,(H,19,22)(H2,18,20,21). The molecule has 7 nitrogen and oxygen atoms in total. The van der Waals surface area contributed by atoms with Crippen LogP contribution in [0.1, 0.15) is 33.6 Å². The summed E-state index contributed by atoms with van der Waals surface area (Å²) in [4.78, 5) is 15.9. The molecule has 1 aliphatic heterocycles. The maximum Gasteiger partial charge on any atom is 0.225 e. The second kappa shape index (κ2) is 11.3. The average molecular weight is 342 g/mol. The van der Waals surface area contributed by atoms with E-state index < -0.39 is 0 Å². The number of aliphatic imine (C=N–C) groups is 1. The van der Waals surface area contributed by atoms with Crippen LogP contribution < -0.4 is 16.0 Å². The lowest BCUT2D eigenvalue weighted by Gasteiger charge is -2.18. The molecule has 0 aromatic rings. The van der Waals surface area contributed by atoms with Gasteiger partial charge < -0.3 is 25.4 Å². The van der Waals surface area contributed by atoms with Crippen molar-refractivity contribution in [2.45, 2.75) is 33.6 Å². The molecule has 1 heterocycles. The normalized spacial score (nSPS) is 18.5. The number of carbonyl (C=O) groups is 1. The van der Waals surface area contributed by atoms with E-state index >= 15 is 0 Å². The summed E-state index contributed by atoms with van der Waals surface area (Å²) in [6, 6.07) is 0. The molecule has 24 heavy (non-hydrogen) atoms. The Labute approximate surface area is 146 Å². The first-order valence-electron chi connectivity index (χ1n) is 8.82. The van der Waals surface area contributed by atoms with Crippen molar-refractivity contribution in [1.29, 1.82) is 0 Å². The van der Waals surface area contributed by atoms with Gasteiger partial charge in [-0.3, -0.25) is 9.79 Å². The summed E-state index contributed by atoms with van der Waals surface area (Å²) in [5.74, 6) is 1.36. The Bertz CT molecular complexity index is 388. The third kappa shape index (κ3) is 9.08. The fourth-order valence-corrected chi connectivity index (χ4v) is 2.19. The lowest BCUT2D eigenvalue weighted by atomic mass is 9.96. The minimum Gasteiger partial charge on any atom is -0.381 e. The van der Waals surface area contributed by atoms with Crippen LogP contribution in [0.25, 0.3) is 0 Å². The van der Waals surface area contributed by atoms with Gasteiger partial charge in [0.05, 0.1) is 13.2 Å². The highest BCUT2D eigenvalue weighted by atomic mass is 16.5. The molecule has 1 rings (SSSR count). The van der Waals surface area contributed by atoms with Crippen molar-refractivity contribution < 1.29 is 14.3 Å². The molecule has 0 saturated carbocycles. The predicted molar refractivity (Wildman–Crippen MR) is 96.2 cm³/mol. The van der Waals surface area contributed by atoms with Gasteiger partial charge in [-0.05, 0) is 12.8 Å². The van der Waals surface area contributed by atoms with Gasteiger partial charge in [-0.15, -0.1) is 0 Å². The summed E-state index contributed by atoms with van der Waals surface area (Å²) in [5.41, 5.74) is -0.357. The Hall–Kier alpha value is -1.34. The number of nitrogens with one attached hydrogen (secondary N) is 3. The summed E-state index contributed by atoms with van der Waals surface area (Å²) in [5, 5.41) is 9.31. The molecular formula is C17H34N4O3. The van der Waals surface area contributed by atoms with Crippen LogP contribution >= 0.6 is 0 Å². The number of guanidine groups is 1. The molecule has 1 saturated heterocycles. The van der Waals surface area contributed by atoms with E-state index in [-0.39, 0.29) is 11.3 Å². The van der Waals surface area contributed by atoms with E-state index in [2.05, 4.69) is 20.9 Å². The second-order valence-corrected chi connectivity index (χ2v) is 7.09. The molecule has 0 radical (unpaired) electrons. The Morgan fingerprint density at radius 3 is 2.54 bits per heavy atom. The second-order valence-electron chi connectivity index (χ2n) is 7.09. The smallest absolute Gasteiger partial charge is 0.225 e. The summed E-state index contributed by atoms with van der Waals surface area (Å²) >= 11 is 0. The van der Waals surface area contributed by atoms with Crippen LogP contribution in [0, 0.1) is 11.3 Å². The molecule has 0 aliphatic carbocycles. The molecule has 140 valence electrons. The molecule has 1 amide bonds. The number of carbonyl (C=O) groups excluding carboxylic acids is 1. The van der Waals surface area contributed by atoms with Gasteiger partial charge in [0.25, 0.3) is 0 Å². The molecule has 0 bridgehead atoms. The van der Waals surface area contributed by atoms with Gasteiger partial charge in [-0.25, -0.2) is 0 Å². The molecule has 1 atom stereocenters. The first kappa shape index (κ1) is 20.7. The monoisotopic (exact) mass is 342 g/mol. The maximum atomic E-state index is 11.7. The summed E-state index contributed by atoms with van der Waals surface area (Å²) in [6.45, 7) is 10.9. The highest BCUT2D eigenvalue weighted by Gasteiger charge is 2.20. The zero-order valence-electron chi connectivity index (χ0n) is 15.6. The molecule has 1 fully saturated rings. The number of rotatable bonds is 9. The Kier molecular flexibility index (Phi) is 9.71. The van der Waals surface area contributed by atoms with Crippen molar-refractivity contribution in [3.05, 3.63) is 0 Å². The Morgan fingerprint density at radius 2 is 1.92 bits per heavy atom. The minimum atomic E-state index is -0.357. The first-order valence-corrected chi connectivity index (χ1v) is 8.82. The summed E-state index contributed by atoms with van der Waals surface area (Å²) in [6.07, 6.45) is 2.04. The zero-order valence-corrected chi connectivity index (χ0v) is 15.6. The number of nitrogens with zero attached hydrogens (tertiary/aromatic N) is 1. The highest BCUT2D eigenvalue weighted by molar-refractivity contribution is 5.81. The molecule has 0 aromatic heterocycles. The van der Waals surface area contributed by atoms with Gasteiger partial charge in [0.15, 0.2) is 5.96 Å². The fraction of sp³-hybridized carbons (Fsp3) is 0.882. The van der Waals surface area contributed by atoms with E-state index in [4.69, 9.17) is 9.47 Å². The van der Waals surface area contributed by atoms with Gasteiger partial charge in [0.2, 0.25) is 5.91 Å². The largest absolute Gasteiger partial charge is 0.381 e. The van der Waals surface area contributed by atoms with E-state index in [1.807, 2.05) is 20.8 Å². The van der Waals surface area contributed by atoms with E-state index in [0.29, 0.717) is 19.0 Å². The molecule has 3 N–H and O–H groups in total. The topological polar surface area (TPSA) is 84.0 Å². The SMILES string of the molecule is CN=C(NCCCOCC1CCOC1)NCCNC(=O)C(C)(C)C. The fourth-order valence-electron chi connectivity index (χ4n) is 2.19. The Morgan fingerprint density at radius 1 is 1.21 bits per heavy atom. The Balaban J connectivity index is 1.99. The summed E-state index contributed by atoms with van der Waals surface area (Å²) < 4.78 is 11.0. The minimum absolute atomic E-state index is 0.0528. The number of hydrogen-bond acceptors (Lipinski definition) is 4. The van der Waals surface area contributed by atoms with Crippen LogP contribution in [-0.4, -0.2) is 65.0 Å². The van der Waals surface area contributed by atoms with Crippen molar-refractivity contribution in [2.75, 3.05) is 53.1 Å². The molecule has 1 unspecified atom stereocenters. The van der Waals surface area contributed by atoms with Crippen LogP contribution in [0.4, 0.5) is 0 Å². The van der Waals surface area contributed by atoms with Crippen molar-refractivity contribution in [3.63, 3.8) is 0 Å². The average Bonchev–Trinajstić information content (AvgIpc) is 3.04.